The van der Waals surface area contributed by atoms with Gasteiger partial charge in [-0.05, 0) is 38.5 Å². The van der Waals surface area contributed by atoms with E-state index in [1.165, 1.54) is 0 Å². The van der Waals surface area contributed by atoms with Crippen LogP contribution in [0.25, 0.3) is 0 Å². The highest BCUT2D eigenvalue weighted by Crippen LogP contribution is 2.23. The van der Waals surface area contributed by atoms with Crippen LogP contribution in [0, 0.1) is 0 Å². The van der Waals surface area contributed by atoms with Crippen molar-refractivity contribution in [1.29, 1.82) is 0 Å². The first-order valence-electron chi connectivity index (χ1n) is 6.19. The summed E-state index contributed by atoms with van der Waals surface area (Å²) in [5.74, 6) is 0.261. The summed E-state index contributed by atoms with van der Waals surface area (Å²) in [7, 11) is 0. The van der Waals surface area contributed by atoms with Gasteiger partial charge in [-0.25, -0.2) is 0 Å². The molecule has 0 amide bonds. The molecule has 1 aliphatic heterocycles. The second-order valence-corrected chi connectivity index (χ2v) is 5.01. The van der Waals surface area contributed by atoms with E-state index in [-0.39, 0.29) is 6.10 Å². The van der Waals surface area contributed by atoms with Crippen LogP contribution in [0.3, 0.4) is 0 Å². The van der Waals surface area contributed by atoms with Crippen LogP contribution in [0.4, 0.5) is 0 Å². The zero-order valence-electron chi connectivity index (χ0n) is 11.1. The molecule has 1 heterocycles. The van der Waals surface area contributed by atoms with Crippen molar-refractivity contribution in [2.45, 2.75) is 38.8 Å². The minimum Gasteiger partial charge on any atom is -0.491 e. The first kappa shape index (κ1) is 13.3. The van der Waals surface area contributed by atoms with Gasteiger partial charge in [-0.1, -0.05) is 12.1 Å². The van der Waals surface area contributed by atoms with Crippen LogP contribution >= 0.6 is 0 Å². The van der Waals surface area contributed by atoms with Gasteiger partial charge in [-0.3, -0.25) is 0 Å². The third-order valence-electron chi connectivity index (χ3n) is 2.87. The van der Waals surface area contributed by atoms with Crippen LogP contribution in [0.2, 0.25) is 0 Å². The van der Waals surface area contributed by atoms with E-state index in [0.29, 0.717) is 13.2 Å². The van der Waals surface area contributed by atoms with Gasteiger partial charge in [0.2, 0.25) is 0 Å². The number of benzene rings is 1. The lowest BCUT2D eigenvalue weighted by atomic mass is 10.1. The van der Waals surface area contributed by atoms with Crippen molar-refractivity contribution < 1.29 is 19.3 Å². The molecule has 4 heteroatoms. The molecule has 1 fully saturated rings. The topological polar surface area (TPSA) is 47.9 Å². The van der Waals surface area contributed by atoms with Gasteiger partial charge in [0, 0.05) is 0 Å². The second kappa shape index (κ2) is 5.26. The SMILES string of the molecule is CC(O)c1ccc(OC[C@@H]2COC(C)(C)O2)cc1. The van der Waals surface area contributed by atoms with Gasteiger partial charge >= 0.3 is 0 Å². The molecule has 1 aliphatic rings. The van der Waals surface area contributed by atoms with E-state index in [9.17, 15) is 5.11 Å². The lowest BCUT2D eigenvalue weighted by molar-refractivity contribution is -0.141. The van der Waals surface area contributed by atoms with Gasteiger partial charge in [0.25, 0.3) is 0 Å². The minimum absolute atomic E-state index is 0.0311. The van der Waals surface area contributed by atoms with Gasteiger partial charge in [-0.15, -0.1) is 0 Å². The quantitative estimate of drug-likeness (QED) is 0.893. The second-order valence-electron chi connectivity index (χ2n) is 5.01. The highest BCUT2D eigenvalue weighted by atomic mass is 16.7. The van der Waals surface area contributed by atoms with Crippen molar-refractivity contribution in [1.82, 2.24) is 0 Å². The Hall–Kier alpha value is -1.10. The Morgan fingerprint density at radius 2 is 2.06 bits per heavy atom. The van der Waals surface area contributed by atoms with Crippen LogP contribution in [0.5, 0.6) is 5.75 Å². The largest absolute Gasteiger partial charge is 0.491 e. The summed E-state index contributed by atoms with van der Waals surface area (Å²) in [6, 6.07) is 7.41. The van der Waals surface area contributed by atoms with Crippen LogP contribution in [0.15, 0.2) is 24.3 Å². The third kappa shape index (κ3) is 3.45. The van der Waals surface area contributed by atoms with E-state index in [2.05, 4.69) is 0 Å². The lowest BCUT2D eigenvalue weighted by Gasteiger charge is -2.17. The fourth-order valence-electron chi connectivity index (χ4n) is 1.88. The zero-order valence-corrected chi connectivity index (χ0v) is 11.1. The van der Waals surface area contributed by atoms with E-state index >= 15 is 0 Å². The van der Waals surface area contributed by atoms with E-state index in [4.69, 9.17) is 14.2 Å². The monoisotopic (exact) mass is 252 g/mol. The normalized spacial score (nSPS) is 23.9. The summed E-state index contributed by atoms with van der Waals surface area (Å²) in [6.07, 6.45) is -0.483. The predicted molar refractivity (Wildman–Crippen MR) is 67.5 cm³/mol. The Kier molecular flexibility index (Phi) is 3.90. The molecular weight excluding hydrogens is 232 g/mol. The summed E-state index contributed by atoms with van der Waals surface area (Å²) in [6.45, 7) is 6.55. The molecule has 2 atom stereocenters. The molecule has 1 saturated heterocycles. The van der Waals surface area contributed by atoms with Crippen molar-refractivity contribution in [2.24, 2.45) is 0 Å². The van der Waals surface area contributed by atoms with Crippen LogP contribution in [0.1, 0.15) is 32.4 Å². The molecular formula is C14H20O4. The molecule has 1 N–H and O–H groups in total. The maximum atomic E-state index is 9.40. The van der Waals surface area contributed by atoms with Gasteiger partial charge < -0.3 is 19.3 Å². The molecule has 0 saturated carbocycles. The molecule has 1 aromatic rings. The Labute approximate surface area is 107 Å². The number of hydrogen-bond acceptors (Lipinski definition) is 4. The molecule has 0 aromatic heterocycles. The minimum atomic E-state index is -0.510. The lowest BCUT2D eigenvalue weighted by Crippen LogP contribution is -2.25. The predicted octanol–water partition coefficient (Wildman–Crippen LogP) is 2.27. The fourth-order valence-corrected chi connectivity index (χ4v) is 1.88. The number of aliphatic hydroxyl groups is 1. The van der Waals surface area contributed by atoms with Gasteiger partial charge in [0.15, 0.2) is 5.79 Å². The number of ether oxygens (including phenoxy) is 3. The van der Waals surface area contributed by atoms with Crippen LogP contribution < -0.4 is 4.74 Å². The Balaban J connectivity index is 1.84. The van der Waals surface area contributed by atoms with Crippen molar-refractivity contribution in [2.75, 3.05) is 13.2 Å². The average Bonchev–Trinajstić information content (AvgIpc) is 2.67. The van der Waals surface area contributed by atoms with Crippen molar-refractivity contribution >= 4 is 0 Å². The molecule has 100 valence electrons. The molecule has 1 aromatic carbocycles. The Bertz CT molecular complexity index is 383. The van der Waals surface area contributed by atoms with E-state index in [0.717, 1.165) is 11.3 Å². The van der Waals surface area contributed by atoms with Crippen molar-refractivity contribution in [3.63, 3.8) is 0 Å². The standard InChI is InChI=1S/C14H20O4/c1-10(15)11-4-6-12(7-5-11)16-8-13-9-17-14(2,3)18-13/h4-7,10,13,15H,8-9H2,1-3H3/t10?,13-/m1/s1. The smallest absolute Gasteiger partial charge is 0.163 e. The summed E-state index contributed by atoms with van der Waals surface area (Å²) in [5, 5.41) is 9.40. The highest BCUT2D eigenvalue weighted by molar-refractivity contribution is 5.28. The first-order chi connectivity index (χ1) is 8.46. The number of aliphatic hydroxyl groups excluding tert-OH is 1. The fraction of sp³-hybridized carbons (Fsp3) is 0.571. The molecule has 18 heavy (non-hydrogen) atoms. The summed E-state index contributed by atoms with van der Waals surface area (Å²) in [5.41, 5.74) is 0.879. The molecule has 2 rings (SSSR count). The van der Waals surface area contributed by atoms with Gasteiger partial charge in [0.05, 0.1) is 12.7 Å². The summed E-state index contributed by atoms with van der Waals surface area (Å²) in [4.78, 5) is 0. The molecule has 0 spiro atoms. The van der Waals surface area contributed by atoms with E-state index in [1.54, 1.807) is 6.92 Å². The molecule has 0 bridgehead atoms. The van der Waals surface area contributed by atoms with Crippen molar-refractivity contribution in [3.05, 3.63) is 29.8 Å². The Morgan fingerprint density at radius 3 is 2.56 bits per heavy atom. The van der Waals surface area contributed by atoms with Crippen LogP contribution in [-0.4, -0.2) is 30.2 Å². The molecule has 0 radical (unpaired) electrons. The summed E-state index contributed by atoms with van der Waals surface area (Å²) >= 11 is 0. The molecule has 4 nitrogen and oxygen atoms in total. The summed E-state index contributed by atoms with van der Waals surface area (Å²) < 4.78 is 16.7. The average molecular weight is 252 g/mol. The maximum absolute atomic E-state index is 9.40. The molecule has 1 unspecified atom stereocenters. The van der Waals surface area contributed by atoms with Gasteiger partial charge in [-0.2, -0.15) is 0 Å². The van der Waals surface area contributed by atoms with Gasteiger partial charge in [0.1, 0.15) is 18.5 Å². The van der Waals surface area contributed by atoms with E-state index < -0.39 is 11.9 Å². The first-order valence-corrected chi connectivity index (χ1v) is 6.19. The third-order valence-corrected chi connectivity index (χ3v) is 2.87. The number of hydrogen-bond donors (Lipinski definition) is 1. The van der Waals surface area contributed by atoms with E-state index in [1.807, 2.05) is 38.1 Å². The Morgan fingerprint density at radius 1 is 1.39 bits per heavy atom. The highest BCUT2D eigenvalue weighted by Gasteiger charge is 2.32. The maximum Gasteiger partial charge on any atom is 0.163 e. The molecule has 0 aliphatic carbocycles. The zero-order chi connectivity index (χ0) is 13.2. The van der Waals surface area contributed by atoms with Crippen LogP contribution in [-0.2, 0) is 9.47 Å². The van der Waals surface area contributed by atoms with Crippen molar-refractivity contribution in [3.8, 4) is 5.75 Å². The number of rotatable bonds is 4.